The molecule has 0 radical (unpaired) electrons. The van der Waals surface area contributed by atoms with Crippen molar-refractivity contribution in [1.82, 2.24) is 4.57 Å². The molecule has 0 aliphatic rings. The summed E-state index contributed by atoms with van der Waals surface area (Å²) >= 11 is 0. The second-order valence-electron chi connectivity index (χ2n) is 16.0. The predicted molar refractivity (Wildman–Crippen MR) is 258 cm³/mol. The van der Waals surface area contributed by atoms with Gasteiger partial charge in [-0.05, 0) is 88.8 Å². The maximum Gasteiger partial charge on any atom is 0.159 e. The first-order chi connectivity index (χ1) is 30.8. The van der Waals surface area contributed by atoms with Crippen molar-refractivity contribution in [2.45, 2.75) is 0 Å². The lowest BCUT2D eigenvalue weighted by molar-refractivity contribution is 0.670. The molecule has 0 atom stereocenters. The molecule has 13 rings (SSSR count). The van der Waals surface area contributed by atoms with Crippen LogP contribution in [0.15, 0.2) is 227 Å². The Bertz CT molecular complexity index is 3870. The Morgan fingerprint density at radius 1 is 0.355 bits per heavy atom. The van der Waals surface area contributed by atoms with Crippen molar-refractivity contribution in [2.24, 2.45) is 0 Å². The Kier molecular flexibility index (Phi) is 7.57. The van der Waals surface area contributed by atoms with Crippen LogP contribution in [-0.2, 0) is 0 Å². The van der Waals surface area contributed by atoms with E-state index in [0.29, 0.717) is 0 Å². The third-order valence-electron chi connectivity index (χ3n) is 12.6. The van der Waals surface area contributed by atoms with Crippen molar-refractivity contribution in [2.75, 3.05) is 4.90 Å². The SMILES string of the molecule is c1ccc(-n2c3ccccc3c3c(-c4cccc(N(c5ccc(-c6cccc7c6oc6ccccc67)cc5)c5cccc6c5oc5c7ccccc7ccc65)c4)cccc32)cc1. The number of fused-ring (bicyclic) bond motifs is 11. The number of hydrogen-bond acceptors (Lipinski definition) is 3. The lowest BCUT2D eigenvalue weighted by Gasteiger charge is -2.26. The first-order valence-corrected chi connectivity index (χ1v) is 21.1. The molecule has 0 fully saturated rings. The van der Waals surface area contributed by atoms with Crippen LogP contribution in [0.1, 0.15) is 0 Å². The average molecular weight is 793 g/mol. The summed E-state index contributed by atoms with van der Waals surface area (Å²) in [6, 6.07) is 77.9. The topological polar surface area (TPSA) is 34.5 Å². The van der Waals surface area contributed by atoms with Gasteiger partial charge in [0.05, 0.1) is 16.7 Å². The van der Waals surface area contributed by atoms with Crippen molar-refractivity contribution in [3.63, 3.8) is 0 Å². The number of aromatic nitrogens is 1. The first kappa shape index (κ1) is 34.5. The van der Waals surface area contributed by atoms with E-state index in [1.54, 1.807) is 0 Å². The lowest BCUT2D eigenvalue weighted by atomic mass is 9.98. The minimum Gasteiger partial charge on any atom is -0.455 e. The largest absolute Gasteiger partial charge is 0.455 e. The summed E-state index contributed by atoms with van der Waals surface area (Å²) in [6.07, 6.45) is 0. The summed E-state index contributed by atoms with van der Waals surface area (Å²) in [4.78, 5) is 2.34. The van der Waals surface area contributed by atoms with Gasteiger partial charge in [0, 0.05) is 60.3 Å². The fourth-order valence-corrected chi connectivity index (χ4v) is 9.81. The van der Waals surface area contributed by atoms with Gasteiger partial charge in [-0.1, -0.05) is 152 Å². The van der Waals surface area contributed by atoms with E-state index in [2.05, 4.69) is 216 Å². The molecule has 0 spiro atoms. The van der Waals surface area contributed by atoms with Crippen LogP contribution >= 0.6 is 0 Å². The van der Waals surface area contributed by atoms with Crippen LogP contribution in [-0.4, -0.2) is 4.57 Å². The van der Waals surface area contributed by atoms with Gasteiger partial charge < -0.3 is 18.3 Å². The number of anilines is 3. The van der Waals surface area contributed by atoms with Gasteiger partial charge in [-0.2, -0.15) is 0 Å². The van der Waals surface area contributed by atoms with Gasteiger partial charge in [-0.25, -0.2) is 0 Å². The Labute approximate surface area is 356 Å². The van der Waals surface area contributed by atoms with E-state index in [1.807, 2.05) is 12.1 Å². The summed E-state index contributed by atoms with van der Waals surface area (Å²) in [7, 11) is 0. The number of furan rings is 2. The highest BCUT2D eigenvalue weighted by Crippen LogP contribution is 2.46. The second-order valence-corrected chi connectivity index (χ2v) is 16.0. The quantitative estimate of drug-likeness (QED) is 0.168. The van der Waals surface area contributed by atoms with Crippen LogP contribution < -0.4 is 4.90 Å². The van der Waals surface area contributed by atoms with E-state index in [9.17, 15) is 0 Å². The molecule has 0 saturated carbocycles. The number of rotatable bonds is 6. The zero-order valence-corrected chi connectivity index (χ0v) is 33.5. The lowest BCUT2D eigenvalue weighted by Crippen LogP contribution is -2.10. The molecule has 0 saturated heterocycles. The van der Waals surface area contributed by atoms with Gasteiger partial charge in [0.2, 0.25) is 0 Å². The molecule has 4 nitrogen and oxygen atoms in total. The molecule has 290 valence electrons. The standard InChI is InChI=1S/C58H36N2O2/c1-2-16-40(17-3-1)60-51-26-8-6-21-50(51)55-43(22-12-27-52(55)60)39-15-10-18-42(36-39)59(53-28-13-25-48-49-35-32-37-14-4-5-19-44(37)57(49)62-58(48)53)41-33-30-38(31-34-41)45-23-11-24-47-46-20-7-9-29-54(46)61-56(45)47/h1-36H. The van der Waals surface area contributed by atoms with E-state index < -0.39 is 0 Å². The molecule has 0 aliphatic heterocycles. The molecule has 0 aliphatic carbocycles. The summed E-state index contributed by atoms with van der Waals surface area (Å²) in [5.74, 6) is 0. The van der Waals surface area contributed by atoms with Crippen LogP contribution in [0.5, 0.6) is 0 Å². The van der Waals surface area contributed by atoms with Crippen molar-refractivity contribution < 1.29 is 8.83 Å². The molecule has 0 N–H and O–H groups in total. The molecular weight excluding hydrogens is 757 g/mol. The van der Waals surface area contributed by atoms with E-state index in [1.165, 1.54) is 27.4 Å². The van der Waals surface area contributed by atoms with Crippen LogP contribution in [0, 0.1) is 0 Å². The highest BCUT2D eigenvalue weighted by atomic mass is 16.3. The fourth-order valence-electron chi connectivity index (χ4n) is 9.81. The highest BCUT2D eigenvalue weighted by Gasteiger charge is 2.22. The number of para-hydroxylation sites is 5. The maximum atomic E-state index is 7.00. The Hall–Kier alpha value is -8.34. The molecule has 0 bridgehead atoms. The number of hydrogen-bond donors (Lipinski definition) is 0. The maximum absolute atomic E-state index is 7.00. The molecular formula is C58H36N2O2. The van der Waals surface area contributed by atoms with Crippen molar-refractivity contribution in [1.29, 1.82) is 0 Å². The Balaban J connectivity index is 1.02. The van der Waals surface area contributed by atoms with E-state index in [-0.39, 0.29) is 0 Å². The molecule has 4 heteroatoms. The summed E-state index contributed by atoms with van der Waals surface area (Å²) in [6.45, 7) is 0. The van der Waals surface area contributed by atoms with Crippen molar-refractivity contribution in [3.05, 3.63) is 218 Å². The van der Waals surface area contributed by atoms with Crippen LogP contribution in [0.4, 0.5) is 17.1 Å². The summed E-state index contributed by atoms with van der Waals surface area (Å²) < 4.78 is 15.9. The zero-order chi connectivity index (χ0) is 40.7. The Morgan fingerprint density at radius 3 is 1.90 bits per heavy atom. The van der Waals surface area contributed by atoms with Gasteiger partial charge >= 0.3 is 0 Å². The van der Waals surface area contributed by atoms with Gasteiger partial charge in [-0.3, -0.25) is 0 Å². The molecule has 13 aromatic rings. The second kappa shape index (κ2) is 13.6. The first-order valence-electron chi connectivity index (χ1n) is 21.1. The normalized spacial score (nSPS) is 11.9. The third-order valence-corrected chi connectivity index (χ3v) is 12.6. The summed E-state index contributed by atoms with van der Waals surface area (Å²) in [5.41, 5.74) is 14.5. The van der Waals surface area contributed by atoms with Crippen molar-refractivity contribution in [3.8, 4) is 27.9 Å². The molecule has 0 amide bonds. The summed E-state index contributed by atoms with van der Waals surface area (Å²) in [5, 5.41) is 9.13. The molecule has 3 heterocycles. The van der Waals surface area contributed by atoms with Crippen molar-refractivity contribution >= 4 is 93.5 Å². The van der Waals surface area contributed by atoms with E-state index in [0.717, 1.165) is 94.1 Å². The smallest absolute Gasteiger partial charge is 0.159 e. The Morgan fingerprint density at radius 2 is 1.02 bits per heavy atom. The highest BCUT2D eigenvalue weighted by molar-refractivity contribution is 6.18. The average Bonchev–Trinajstić information content (AvgIpc) is 4.03. The number of benzene rings is 10. The minimum atomic E-state index is 0.841. The van der Waals surface area contributed by atoms with Gasteiger partial charge in [0.25, 0.3) is 0 Å². The minimum absolute atomic E-state index is 0.841. The van der Waals surface area contributed by atoms with Gasteiger partial charge in [-0.15, -0.1) is 0 Å². The third kappa shape index (κ3) is 5.20. The molecule has 10 aromatic carbocycles. The fraction of sp³-hybridized carbons (Fsp3) is 0. The monoisotopic (exact) mass is 792 g/mol. The van der Waals surface area contributed by atoms with E-state index >= 15 is 0 Å². The van der Waals surface area contributed by atoms with Gasteiger partial charge in [0.1, 0.15) is 16.7 Å². The van der Waals surface area contributed by atoms with Crippen LogP contribution in [0.3, 0.4) is 0 Å². The molecule has 3 aromatic heterocycles. The number of nitrogens with zero attached hydrogens (tertiary/aromatic N) is 2. The van der Waals surface area contributed by atoms with E-state index in [4.69, 9.17) is 8.83 Å². The van der Waals surface area contributed by atoms with Gasteiger partial charge in [0.15, 0.2) is 5.58 Å². The zero-order valence-electron chi connectivity index (χ0n) is 33.5. The molecule has 0 unspecified atom stereocenters. The molecule has 62 heavy (non-hydrogen) atoms. The van der Waals surface area contributed by atoms with Crippen LogP contribution in [0.2, 0.25) is 0 Å². The van der Waals surface area contributed by atoms with Crippen LogP contribution in [0.25, 0.3) is 104 Å². The predicted octanol–water partition coefficient (Wildman–Crippen LogP) is 16.5.